The topological polar surface area (TPSA) is 134 Å². The van der Waals surface area contributed by atoms with Gasteiger partial charge in [0.15, 0.2) is 5.82 Å². The van der Waals surface area contributed by atoms with E-state index in [4.69, 9.17) is 26.2 Å². The molecule has 7 rings (SSSR count). The van der Waals surface area contributed by atoms with Crippen LogP contribution >= 0.6 is 0 Å². The summed E-state index contributed by atoms with van der Waals surface area (Å²) in [5.41, 5.74) is 16.2. The molecule has 3 aromatic heterocycles. The molecule has 2 atom stereocenters. The number of hydrogen-bond donors (Lipinski definition) is 2. The lowest BCUT2D eigenvalue weighted by atomic mass is 10.0. The van der Waals surface area contributed by atoms with E-state index in [0.29, 0.717) is 50.9 Å². The quantitative estimate of drug-likeness (QED) is 0.268. The third-order valence-electron chi connectivity index (χ3n) is 9.09. The molecular formula is C34H35F2N7O3. The van der Waals surface area contributed by atoms with Crippen molar-refractivity contribution in [2.45, 2.75) is 44.9 Å². The molecule has 0 bridgehead atoms. The summed E-state index contributed by atoms with van der Waals surface area (Å²) >= 11 is 0. The van der Waals surface area contributed by atoms with Gasteiger partial charge in [-0.05, 0) is 80.1 Å². The van der Waals surface area contributed by atoms with E-state index in [-0.39, 0.29) is 31.0 Å². The number of likely N-dealkylation sites (tertiary alicyclic amines) is 1. The number of carbonyl (C=O) groups is 2. The lowest BCUT2D eigenvalue weighted by Crippen LogP contribution is -2.50. The molecule has 0 spiro atoms. The van der Waals surface area contributed by atoms with Crippen LogP contribution in [-0.2, 0) is 13.6 Å². The molecule has 12 heteroatoms. The number of aromatic nitrogens is 4. The van der Waals surface area contributed by atoms with Crippen LogP contribution in [0.4, 0.5) is 8.78 Å². The molecule has 2 aromatic carbocycles. The molecule has 0 unspecified atom stereocenters. The Morgan fingerprint density at radius 2 is 1.87 bits per heavy atom. The molecule has 4 N–H and O–H groups in total. The standard InChI is InChI=1S/C34H35F2N7O3/c1-17-8-24(31(38)44)25(36)13-23(17)26-7-6-19-10-28(43(32(19)39-26)14-18-4-5-18)33-40-27-9-20(11-29(46-3)30(27)41(33)2)34(45)42-15-21(35)12-22(37)16-42/h6-11,13,18,21-22H,4-5,12,14-16,37H2,1-3H3,(H2,38,44)/t21-,22-/m1/s1. The number of imidazole rings is 1. The normalized spacial score (nSPS) is 18.4. The second-order valence-corrected chi connectivity index (χ2v) is 12.5. The minimum Gasteiger partial charge on any atom is -0.494 e. The third kappa shape index (κ3) is 5.16. The van der Waals surface area contributed by atoms with Crippen LogP contribution in [0.15, 0.2) is 42.5 Å². The summed E-state index contributed by atoms with van der Waals surface area (Å²) in [6.07, 6.45) is 1.29. The second kappa shape index (κ2) is 11.2. The molecule has 10 nitrogen and oxygen atoms in total. The van der Waals surface area contributed by atoms with Crippen LogP contribution in [0.3, 0.4) is 0 Å². The fourth-order valence-corrected chi connectivity index (χ4v) is 6.59. The molecule has 1 aliphatic heterocycles. The van der Waals surface area contributed by atoms with E-state index in [2.05, 4.69) is 4.57 Å². The summed E-state index contributed by atoms with van der Waals surface area (Å²) < 4.78 is 38.9. The number of aryl methyl sites for hydroxylation is 2. The fourth-order valence-electron chi connectivity index (χ4n) is 6.59. The van der Waals surface area contributed by atoms with Crippen molar-refractivity contribution in [3.8, 4) is 28.5 Å². The minimum absolute atomic E-state index is 0.00192. The third-order valence-corrected chi connectivity index (χ3v) is 9.09. The highest BCUT2D eigenvalue weighted by atomic mass is 19.1. The summed E-state index contributed by atoms with van der Waals surface area (Å²) in [7, 11) is 3.44. The Kier molecular flexibility index (Phi) is 7.27. The van der Waals surface area contributed by atoms with Gasteiger partial charge >= 0.3 is 0 Å². The Morgan fingerprint density at radius 1 is 1.09 bits per heavy atom. The van der Waals surface area contributed by atoms with Crippen LogP contribution in [0.5, 0.6) is 5.75 Å². The molecule has 46 heavy (non-hydrogen) atoms. The van der Waals surface area contributed by atoms with Gasteiger partial charge in [-0.25, -0.2) is 18.7 Å². The van der Waals surface area contributed by atoms with Crippen LogP contribution in [-0.4, -0.2) is 68.2 Å². The maximum absolute atomic E-state index is 14.8. The molecule has 1 aliphatic carbocycles. The molecule has 2 amide bonds. The Morgan fingerprint density at radius 3 is 2.57 bits per heavy atom. The highest BCUT2D eigenvalue weighted by Crippen LogP contribution is 2.38. The largest absolute Gasteiger partial charge is 0.494 e. The Balaban J connectivity index is 1.34. The molecule has 2 aliphatic rings. The zero-order valence-corrected chi connectivity index (χ0v) is 25.9. The monoisotopic (exact) mass is 627 g/mol. The molecule has 0 radical (unpaired) electrons. The van der Waals surface area contributed by atoms with E-state index in [1.165, 1.54) is 17.0 Å². The first-order valence-electron chi connectivity index (χ1n) is 15.4. The fraction of sp³-hybridized carbons (Fsp3) is 0.353. The van der Waals surface area contributed by atoms with Gasteiger partial charge in [-0.1, -0.05) is 0 Å². The lowest BCUT2D eigenvalue weighted by Gasteiger charge is -2.33. The summed E-state index contributed by atoms with van der Waals surface area (Å²) in [6, 6.07) is 11.6. The van der Waals surface area contributed by atoms with Crippen molar-refractivity contribution in [1.29, 1.82) is 0 Å². The second-order valence-electron chi connectivity index (χ2n) is 12.5. The molecule has 2 fully saturated rings. The number of ether oxygens (including phenoxy) is 1. The van der Waals surface area contributed by atoms with Crippen molar-refractivity contribution >= 4 is 33.9 Å². The van der Waals surface area contributed by atoms with Crippen LogP contribution in [0.2, 0.25) is 0 Å². The molecular weight excluding hydrogens is 592 g/mol. The van der Waals surface area contributed by atoms with Gasteiger partial charge < -0.3 is 30.2 Å². The summed E-state index contributed by atoms with van der Waals surface area (Å²) in [4.78, 5) is 36.6. The van der Waals surface area contributed by atoms with E-state index in [1.807, 2.05) is 29.8 Å². The van der Waals surface area contributed by atoms with Gasteiger partial charge in [0, 0.05) is 42.7 Å². The maximum Gasteiger partial charge on any atom is 0.254 e. The van der Waals surface area contributed by atoms with Crippen LogP contribution < -0.4 is 16.2 Å². The number of fused-ring (bicyclic) bond motifs is 2. The minimum atomic E-state index is -1.17. The predicted octanol–water partition coefficient (Wildman–Crippen LogP) is 4.73. The average molecular weight is 628 g/mol. The summed E-state index contributed by atoms with van der Waals surface area (Å²) in [5.74, 6) is -0.198. The van der Waals surface area contributed by atoms with Crippen molar-refractivity contribution in [3.63, 3.8) is 0 Å². The van der Waals surface area contributed by atoms with E-state index in [1.54, 1.807) is 26.2 Å². The number of alkyl halides is 1. The van der Waals surface area contributed by atoms with Crippen molar-refractivity contribution < 1.29 is 23.1 Å². The van der Waals surface area contributed by atoms with Crippen molar-refractivity contribution in [2.75, 3.05) is 20.2 Å². The number of nitrogens with two attached hydrogens (primary N) is 2. The number of piperidine rings is 1. The number of halogens is 2. The van der Waals surface area contributed by atoms with Gasteiger partial charge in [-0.3, -0.25) is 9.59 Å². The van der Waals surface area contributed by atoms with Gasteiger partial charge in [0.2, 0.25) is 0 Å². The van der Waals surface area contributed by atoms with Gasteiger partial charge in [-0.15, -0.1) is 0 Å². The number of hydrogen-bond acceptors (Lipinski definition) is 6. The first-order chi connectivity index (χ1) is 22.0. The SMILES string of the molecule is COc1cc(C(=O)N2C[C@H](N)C[C@@H](F)C2)cc2nc(-c3cc4ccc(-c5cc(F)c(C(N)=O)cc5C)nc4n3CC3CC3)n(C)c12. The van der Waals surface area contributed by atoms with E-state index >= 15 is 0 Å². The zero-order valence-electron chi connectivity index (χ0n) is 25.9. The van der Waals surface area contributed by atoms with Crippen LogP contribution in [0.1, 0.15) is 45.5 Å². The first kappa shape index (κ1) is 29.8. The number of carbonyl (C=O) groups excluding carboxylic acids is 2. The van der Waals surface area contributed by atoms with Crippen LogP contribution in [0, 0.1) is 18.7 Å². The van der Waals surface area contributed by atoms with Gasteiger partial charge in [-0.2, -0.15) is 0 Å². The van der Waals surface area contributed by atoms with E-state index in [0.717, 1.165) is 36.1 Å². The van der Waals surface area contributed by atoms with Gasteiger partial charge in [0.25, 0.3) is 11.8 Å². The molecule has 4 heterocycles. The number of nitrogens with zero attached hydrogens (tertiary/aromatic N) is 5. The van der Waals surface area contributed by atoms with E-state index in [9.17, 15) is 18.4 Å². The Hall–Kier alpha value is -4.84. The van der Waals surface area contributed by atoms with Crippen molar-refractivity contribution in [2.24, 2.45) is 24.4 Å². The van der Waals surface area contributed by atoms with Crippen molar-refractivity contribution in [1.82, 2.24) is 24.0 Å². The number of amides is 2. The highest BCUT2D eigenvalue weighted by Gasteiger charge is 2.31. The lowest BCUT2D eigenvalue weighted by molar-refractivity contribution is 0.0606. The number of rotatable bonds is 7. The highest BCUT2D eigenvalue weighted by molar-refractivity contribution is 6.00. The molecule has 1 saturated carbocycles. The van der Waals surface area contributed by atoms with Gasteiger partial charge in [0.05, 0.1) is 36.1 Å². The number of methoxy groups -OCH3 is 1. The smallest absolute Gasteiger partial charge is 0.254 e. The van der Waals surface area contributed by atoms with Crippen LogP contribution in [0.25, 0.3) is 44.8 Å². The average Bonchev–Trinajstić information content (AvgIpc) is 3.69. The molecule has 1 saturated heterocycles. The Labute approximate surface area is 263 Å². The summed E-state index contributed by atoms with van der Waals surface area (Å²) in [5, 5.41) is 0.892. The first-order valence-corrected chi connectivity index (χ1v) is 15.4. The maximum atomic E-state index is 14.8. The predicted molar refractivity (Wildman–Crippen MR) is 171 cm³/mol. The molecule has 238 valence electrons. The molecule has 5 aromatic rings. The zero-order chi connectivity index (χ0) is 32.4. The number of pyridine rings is 1. The Bertz CT molecular complexity index is 2040. The summed E-state index contributed by atoms with van der Waals surface area (Å²) in [6.45, 7) is 2.80. The number of primary amides is 1. The van der Waals surface area contributed by atoms with E-state index < -0.39 is 23.9 Å². The van der Waals surface area contributed by atoms with Gasteiger partial charge in [0.1, 0.15) is 28.9 Å². The van der Waals surface area contributed by atoms with Crippen molar-refractivity contribution in [3.05, 3.63) is 65.0 Å². The number of benzene rings is 2.